The molecule has 29 heavy (non-hydrogen) atoms. The summed E-state index contributed by atoms with van der Waals surface area (Å²) in [5.74, 6) is 0.306. The number of para-hydroxylation sites is 2. The summed E-state index contributed by atoms with van der Waals surface area (Å²) in [6.45, 7) is 0.957. The number of methoxy groups -OCH3 is 2. The average molecular weight is 418 g/mol. The molecule has 0 bridgehead atoms. The molecule has 0 saturated carbocycles. The van der Waals surface area contributed by atoms with Crippen molar-refractivity contribution in [3.05, 3.63) is 40.3 Å². The molecule has 0 radical (unpaired) electrons. The number of ether oxygens (including phenoxy) is 2. The fraction of sp³-hybridized carbons (Fsp3) is 0.429. The highest BCUT2D eigenvalue weighted by Gasteiger charge is 2.26. The summed E-state index contributed by atoms with van der Waals surface area (Å²) >= 11 is 1.51. The van der Waals surface area contributed by atoms with Crippen LogP contribution in [0.2, 0.25) is 0 Å². The lowest BCUT2D eigenvalue weighted by Gasteiger charge is -2.13. The Labute approximate surface area is 174 Å². The zero-order chi connectivity index (χ0) is 20.6. The van der Waals surface area contributed by atoms with Crippen LogP contribution >= 0.6 is 11.3 Å². The number of hydrogen-bond acceptors (Lipinski definition) is 6. The van der Waals surface area contributed by atoms with Crippen molar-refractivity contribution in [3.63, 3.8) is 0 Å². The van der Waals surface area contributed by atoms with Crippen LogP contribution in [0.4, 0.5) is 10.7 Å². The first-order valence-electron chi connectivity index (χ1n) is 9.72. The number of nitrogens with one attached hydrogen (secondary N) is 3. The van der Waals surface area contributed by atoms with E-state index in [1.807, 2.05) is 24.3 Å². The van der Waals surface area contributed by atoms with Gasteiger partial charge in [0.1, 0.15) is 10.8 Å². The van der Waals surface area contributed by atoms with Crippen LogP contribution in [0.25, 0.3) is 0 Å². The number of fused-ring (bicyclic) bond motifs is 1. The highest BCUT2D eigenvalue weighted by atomic mass is 32.1. The van der Waals surface area contributed by atoms with Crippen molar-refractivity contribution < 1.29 is 19.1 Å². The number of carbonyl (C=O) groups excluding carboxylic acids is 2. The van der Waals surface area contributed by atoms with E-state index in [1.54, 1.807) is 14.2 Å². The van der Waals surface area contributed by atoms with Gasteiger partial charge in [-0.15, -0.1) is 11.3 Å². The lowest BCUT2D eigenvalue weighted by Crippen LogP contribution is -2.29. The first kappa shape index (κ1) is 21.1. The summed E-state index contributed by atoms with van der Waals surface area (Å²) in [6, 6.07) is 7.42. The summed E-state index contributed by atoms with van der Waals surface area (Å²) in [7, 11) is 3.18. The standard InChI is InChI=1S/C21H27N3O4S/c1-27-12-11-22-20(26)19-14-7-3-6-10-17(14)29-21(19)24-18(25)13-23-15-8-4-5-9-16(15)28-2/h4-5,8-9,23H,3,6-7,10-13H2,1-2H3,(H,22,26)(H,24,25). The molecule has 1 aliphatic carbocycles. The summed E-state index contributed by atoms with van der Waals surface area (Å²) in [6.07, 6.45) is 3.99. The third-order valence-corrected chi connectivity index (χ3v) is 6.00. The number of thiophene rings is 1. The normalized spacial score (nSPS) is 12.8. The molecule has 0 unspecified atom stereocenters. The van der Waals surface area contributed by atoms with Gasteiger partial charge >= 0.3 is 0 Å². The topological polar surface area (TPSA) is 88.7 Å². The van der Waals surface area contributed by atoms with Gasteiger partial charge in [-0.2, -0.15) is 0 Å². The number of carbonyl (C=O) groups is 2. The fourth-order valence-corrected chi connectivity index (χ4v) is 4.69. The van der Waals surface area contributed by atoms with Crippen molar-refractivity contribution in [2.75, 3.05) is 44.5 Å². The quantitative estimate of drug-likeness (QED) is 0.546. The van der Waals surface area contributed by atoms with Gasteiger partial charge in [0, 0.05) is 18.5 Å². The van der Waals surface area contributed by atoms with Gasteiger partial charge < -0.3 is 25.4 Å². The molecule has 7 nitrogen and oxygen atoms in total. The molecule has 1 aromatic carbocycles. The van der Waals surface area contributed by atoms with Gasteiger partial charge in [0.2, 0.25) is 5.91 Å². The van der Waals surface area contributed by atoms with E-state index in [2.05, 4.69) is 16.0 Å². The number of benzene rings is 1. The minimum absolute atomic E-state index is 0.0771. The van der Waals surface area contributed by atoms with E-state index in [9.17, 15) is 9.59 Å². The minimum Gasteiger partial charge on any atom is -0.495 e. The second-order valence-corrected chi connectivity index (χ2v) is 7.87. The Balaban J connectivity index is 1.71. The molecule has 0 atom stereocenters. The molecule has 0 spiro atoms. The predicted molar refractivity (Wildman–Crippen MR) is 115 cm³/mol. The van der Waals surface area contributed by atoms with Crippen LogP contribution < -0.4 is 20.7 Å². The van der Waals surface area contributed by atoms with Gasteiger partial charge in [-0.05, 0) is 43.4 Å². The van der Waals surface area contributed by atoms with E-state index in [0.717, 1.165) is 36.9 Å². The van der Waals surface area contributed by atoms with Gasteiger partial charge in [0.15, 0.2) is 0 Å². The van der Waals surface area contributed by atoms with E-state index in [-0.39, 0.29) is 18.4 Å². The number of hydrogen-bond donors (Lipinski definition) is 3. The SMILES string of the molecule is COCCNC(=O)c1c(NC(=O)CNc2ccccc2OC)sc2c1CCCC2. The first-order valence-corrected chi connectivity index (χ1v) is 10.5. The number of anilines is 2. The minimum atomic E-state index is -0.208. The van der Waals surface area contributed by atoms with Crippen molar-refractivity contribution in [3.8, 4) is 5.75 Å². The van der Waals surface area contributed by atoms with E-state index in [4.69, 9.17) is 9.47 Å². The van der Waals surface area contributed by atoms with Crippen LogP contribution in [0, 0.1) is 0 Å². The predicted octanol–water partition coefficient (Wildman–Crippen LogP) is 3.06. The van der Waals surface area contributed by atoms with Gasteiger partial charge in [-0.25, -0.2) is 0 Å². The number of amides is 2. The Kier molecular flexibility index (Phi) is 7.48. The molecule has 0 saturated heterocycles. The van der Waals surface area contributed by atoms with Gasteiger partial charge in [-0.1, -0.05) is 12.1 Å². The molecule has 2 amide bonds. The lowest BCUT2D eigenvalue weighted by molar-refractivity contribution is -0.114. The zero-order valence-electron chi connectivity index (χ0n) is 16.8. The summed E-state index contributed by atoms with van der Waals surface area (Å²) in [4.78, 5) is 26.5. The third-order valence-electron chi connectivity index (χ3n) is 4.79. The molecule has 1 aromatic heterocycles. The Bertz CT molecular complexity index is 866. The van der Waals surface area contributed by atoms with E-state index < -0.39 is 0 Å². The van der Waals surface area contributed by atoms with Gasteiger partial charge in [-0.3, -0.25) is 9.59 Å². The Morgan fingerprint density at radius 3 is 2.72 bits per heavy atom. The Morgan fingerprint density at radius 1 is 1.14 bits per heavy atom. The fourth-order valence-electron chi connectivity index (χ4n) is 3.39. The molecule has 1 heterocycles. The third kappa shape index (κ3) is 5.27. The maximum Gasteiger partial charge on any atom is 0.254 e. The van der Waals surface area contributed by atoms with E-state index in [0.29, 0.717) is 29.5 Å². The lowest BCUT2D eigenvalue weighted by atomic mass is 9.95. The molecule has 0 aliphatic heterocycles. The van der Waals surface area contributed by atoms with Crippen LogP contribution in [0.3, 0.4) is 0 Å². The monoisotopic (exact) mass is 417 g/mol. The number of rotatable bonds is 9. The molecule has 3 N–H and O–H groups in total. The van der Waals surface area contributed by atoms with Gasteiger partial charge in [0.25, 0.3) is 5.91 Å². The molecule has 2 aromatic rings. The van der Waals surface area contributed by atoms with Crippen LogP contribution in [-0.4, -0.2) is 45.7 Å². The van der Waals surface area contributed by atoms with Crippen molar-refractivity contribution in [1.29, 1.82) is 0 Å². The highest BCUT2D eigenvalue weighted by molar-refractivity contribution is 7.17. The van der Waals surface area contributed by atoms with Gasteiger partial charge in [0.05, 0.1) is 31.5 Å². The maximum atomic E-state index is 12.8. The number of aryl methyl sites for hydroxylation is 1. The van der Waals surface area contributed by atoms with Crippen LogP contribution in [0.5, 0.6) is 5.75 Å². The zero-order valence-corrected chi connectivity index (χ0v) is 17.6. The largest absolute Gasteiger partial charge is 0.495 e. The first-order chi connectivity index (χ1) is 14.1. The van der Waals surface area contributed by atoms with Crippen LogP contribution in [-0.2, 0) is 22.4 Å². The maximum absolute atomic E-state index is 12.8. The van der Waals surface area contributed by atoms with Crippen molar-refractivity contribution in [1.82, 2.24) is 5.32 Å². The van der Waals surface area contributed by atoms with Crippen molar-refractivity contribution >= 4 is 33.8 Å². The molecule has 1 aliphatic rings. The smallest absolute Gasteiger partial charge is 0.254 e. The summed E-state index contributed by atoms with van der Waals surface area (Å²) in [5, 5.41) is 9.52. The van der Waals surface area contributed by atoms with Crippen molar-refractivity contribution in [2.45, 2.75) is 25.7 Å². The molecule has 8 heteroatoms. The molecule has 3 rings (SSSR count). The van der Waals surface area contributed by atoms with E-state index in [1.165, 1.54) is 16.2 Å². The summed E-state index contributed by atoms with van der Waals surface area (Å²) < 4.78 is 10.3. The van der Waals surface area contributed by atoms with E-state index >= 15 is 0 Å². The molecule has 0 fully saturated rings. The molecule has 156 valence electrons. The molecular formula is C21H27N3O4S. The summed E-state index contributed by atoms with van der Waals surface area (Å²) in [5.41, 5.74) is 2.42. The second kappa shape index (κ2) is 10.3. The Morgan fingerprint density at radius 2 is 1.93 bits per heavy atom. The van der Waals surface area contributed by atoms with Crippen molar-refractivity contribution in [2.24, 2.45) is 0 Å². The van der Waals surface area contributed by atoms with Crippen LogP contribution in [0.1, 0.15) is 33.6 Å². The average Bonchev–Trinajstić information content (AvgIpc) is 3.10. The van der Waals surface area contributed by atoms with Crippen LogP contribution in [0.15, 0.2) is 24.3 Å². The molecular weight excluding hydrogens is 390 g/mol. The highest BCUT2D eigenvalue weighted by Crippen LogP contribution is 2.38. The Hall–Kier alpha value is -2.58. The second-order valence-electron chi connectivity index (χ2n) is 6.77.